The van der Waals surface area contributed by atoms with Crippen molar-refractivity contribution in [2.75, 3.05) is 26.8 Å². The van der Waals surface area contributed by atoms with Crippen molar-refractivity contribution in [3.8, 4) is 5.75 Å². The third-order valence-electron chi connectivity index (χ3n) is 3.33. The van der Waals surface area contributed by atoms with Crippen LogP contribution in [0.2, 0.25) is 0 Å². The fraction of sp³-hybridized carbons (Fsp3) is 0.529. The lowest BCUT2D eigenvalue weighted by atomic mass is 10.1. The molecule has 0 atom stereocenters. The fourth-order valence-electron chi connectivity index (χ4n) is 2.22. The van der Waals surface area contributed by atoms with Crippen LogP contribution in [0.5, 0.6) is 5.75 Å². The van der Waals surface area contributed by atoms with E-state index in [1.807, 2.05) is 32.9 Å². The van der Waals surface area contributed by atoms with Gasteiger partial charge >= 0.3 is 5.97 Å². The van der Waals surface area contributed by atoms with Crippen molar-refractivity contribution in [3.63, 3.8) is 0 Å². The molecule has 0 aromatic heterocycles. The van der Waals surface area contributed by atoms with Crippen LogP contribution in [0, 0.1) is 13.8 Å². The number of amides is 1. The number of methoxy groups -OCH3 is 1. The first kappa shape index (κ1) is 18.0. The van der Waals surface area contributed by atoms with Crippen molar-refractivity contribution in [1.29, 1.82) is 0 Å². The molecule has 5 nitrogen and oxygen atoms in total. The Kier molecular flexibility index (Phi) is 7.43. The summed E-state index contributed by atoms with van der Waals surface area (Å²) in [6.07, 6.45) is 0.510. The molecule has 22 heavy (non-hydrogen) atoms. The molecule has 0 radical (unpaired) electrons. The number of nitrogens with zero attached hydrogens (tertiary/aromatic N) is 1. The lowest BCUT2D eigenvalue weighted by Gasteiger charge is -2.20. The standard InChI is InChI=1S/C17H25NO4/c1-5-18(8-6-17(20)21-4)16(19)7-9-22-15-11-13(2)10-14(3)12-15/h10-12H,5-9H2,1-4H3. The molecule has 0 bridgehead atoms. The molecule has 0 fully saturated rings. The average molecular weight is 307 g/mol. The molecule has 0 aliphatic heterocycles. The van der Waals surface area contributed by atoms with Gasteiger partial charge in [-0.25, -0.2) is 0 Å². The van der Waals surface area contributed by atoms with E-state index in [9.17, 15) is 9.59 Å². The summed E-state index contributed by atoms with van der Waals surface area (Å²) in [7, 11) is 1.35. The number of carbonyl (C=O) groups excluding carboxylic acids is 2. The average Bonchev–Trinajstić information content (AvgIpc) is 2.46. The zero-order chi connectivity index (χ0) is 16.5. The second kappa shape index (κ2) is 9.07. The number of carbonyl (C=O) groups is 2. The van der Waals surface area contributed by atoms with Crippen LogP contribution in [0.3, 0.4) is 0 Å². The van der Waals surface area contributed by atoms with Gasteiger partial charge in [-0.2, -0.15) is 0 Å². The van der Waals surface area contributed by atoms with Gasteiger partial charge in [0.1, 0.15) is 5.75 Å². The molecule has 1 rings (SSSR count). The SMILES string of the molecule is CCN(CCC(=O)OC)C(=O)CCOc1cc(C)cc(C)c1. The Labute approximate surface area is 132 Å². The third kappa shape index (κ3) is 6.16. The summed E-state index contributed by atoms with van der Waals surface area (Å²) in [4.78, 5) is 24.9. The summed E-state index contributed by atoms with van der Waals surface area (Å²) < 4.78 is 10.2. The van der Waals surface area contributed by atoms with E-state index in [0.717, 1.165) is 16.9 Å². The molecule has 0 saturated carbocycles. The van der Waals surface area contributed by atoms with Gasteiger partial charge in [0, 0.05) is 13.1 Å². The van der Waals surface area contributed by atoms with Gasteiger partial charge in [-0.05, 0) is 44.0 Å². The fourth-order valence-corrected chi connectivity index (χ4v) is 2.22. The Morgan fingerprint density at radius 1 is 1.09 bits per heavy atom. The monoisotopic (exact) mass is 307 g/mol. The van der Waals surface area contributed by atoms with Gasteiger partial charge < -0.3 is 14.4 Å². The topological polar surface area (TPSA) is 55.8 Å². The molecule has 1 aromatic rings. The summed E-state index contributed by atoms with van der Waals surface area (Å²) >= 11 is 0. The van der Waals surface area contributed by atoms with Gasteiger partial charge in [-0.15, -0.1) is 0 Å². The van der Waals surface area contributed by atoms with Crippen LogP contribution in [0.15, 0.2) is 18.2 Å². The molecule has 0 unspecified atom stereocenters. The number of benzene rings is 1. The maximum atomic E-state index is 12.1. The minimum Gasteiger partial charge on any atom is -0.493 e. The Morgan fingerprint density at radius 3 is 2.27 bits per heavy atom. The summed E-state index contributed by atoms with van der Waals surface area (Å²) in [5, 5.41) is 0. The van der Waals surface area contributed by atoms with Gasteiger partial charge in [0.15, 0.2) is 0 Å². The maximum Gasteiger partial charge on any atom is 0.307 e. The van der Waals surface area contributed by atoms with Gasteiger partial charge in [-0.1, -0.05) is 6.07 Å². The maximum absolute atomic E-state index is 12.1. The first-order chi connectivity index (χ1) is 10.5. The Hall–Kier alpha value is -2.04. The predicted octanol–water partition coefficient (Wildman–Crippen LogP) is 2.48. The molecular formula is C17H25NO4. The molecule has 0 heterocycles. The zero-order valence-electron chi connectivity index (χ0n) is 13.8. The van der Waals surface area contributed by atoms with Crippen molar-refractivity contribution in [3.05, 3.63) is 29.3 Å². The minimum absolute atomic E-state index is 0.0178. The predicted molar refractivity (Wildman–Crippen MR) is 84.9 cm³/mol. The lowest BCUT2D eigenvalue weighted by molar-refractivity contribution is -0.141. The number of ether oxygens (including phenoxy) is 2. The third-order valence-corrected chi connectivity index (χ3v) is 3.33. The van der Waals surface area contributed by atoms with Crippen LogP contribution in [0.1, 0.15) is 30.9 Å². The van der Waals surface area contributed by atoms with Crippen LogP contribution < -0.4 is 4.74 Å². The Morgan fingerprint density at radius 2 is 1.73 bits per heavy atom. The molecule has 1 aromatic carbocycles. The van der Waals surface area contributed by atoms with Crippen LogP contribution in [0.4, 0.5) is 0 Å². The first-order valence-corrected chi connectivity index (χ1v) is 7.52. The summed E-state index contributed by atoms with van der Waals surface area (Å²) in [5.74, 6) is 0.455. The Balaban J connectivity index is 2.41. The van der Waals surface area contributed by atoms with Crippen LogP contribution in [-0.4, -0.2) is 43.6 Å². The van der Waals surface area contributed by atoms with E-state index in [0.29, 0.717) is 26.1 Å². The van der Waals surface area contributed by atoms with Crippen molar-refractivity contribution < 1.29 is 19.1 Å². The molecule has 122 valence electrons. The molecule has 0 N–H and O–H groups in total. The molecule has 0 aliphatic carbocycles. The highest BCUT2D eigenvalue weighted by Gasteiger charge is 2.13. The van der Waals surface area contributed by atoms with E-state index in [2.05, 4.69) is 10.8 Å². The summed E-state index contributed by atoms with van der Waals surface area (Å²) in [5.41, 5.74) is 2.27. The van der Waals surface area contributed by atoms with Gasteiger partial charge in [-0.3, -0.25) is 9.59 Å². The number of rotatable bonds is 8. The molecule has 1 amide bonds. The van der Waals surface area contributed by atoms with E-state index in [-0.39, 0.29) is 18.3 Å². The number of hydrogen-bond donors (Lipinski definition) is 0. The van der Waals surface area contributed by atoms with Crippen molar-refractivity contribution in [2.45, 2.75) is 33.6 Å². The largest absolute Gasteiger partial charge is 0.493 e. The van der Waals surface area contributed by atoms with Crippen LogP contribution >= 0.6 is 0 Å². The summed E-state index contributed by atoms with van der Waals surface area (Å²) in [6.45, 7) is 7.19. The molecule has 0 aliphatic rings. The van der Waals surface area contributed by atoms with E-state index in [1.54, 1.807) is 4.90 Å². The van der Waals surface area contributed by atoms with Gasteiger partial charge in [0.2, 0.25) is 5.91 Å². The van der Waals surface area contributed by atoms with Gasteiger partial charge in [0.25, 0.3) is 0 Å². The van der Waals surface area contributed by atoms with Crippen molar-refractivity contribution >= 4 is 11.9 Å². The molecule has 0 spiro atoms. The van der Waals surface area contributed by atoms with E-state index < -0.39 is 0 Å². The van der Waals surface area contributed by atoms with E-state index >= 15 is 0 Å². The number of hydrogen-bond acceptors (Lipinski definition) is 4. The van der Waals surface area contributed by atoms with Crippen LogP contribution in [0.25, 0.3) is 0 Å². The van der Waals surface area contributed by atoms with E-state index in [1.165, 1.54) is 7.11 Å². The van der Waals surface area contributed by atoms with Crippen LogP contribution in [-0.2, 0) is 14.3 Å². The zero-order valence-corrected chi connectivity index (χ0v) is 13.8. The highest BCUT2D eigenvalue weighted by atomic mass is 16.5. The normalized spacial score (nSPS) is 10.2. The second-order valence-corrected chi connectivity index (χ2v) is 5.22. The first-order valence-electron chi connectivity index (χ1n) is 7.52. The number of esters is 1. The minimum atomic E-state index is -0.308. The second-order valence-electron chi connectivity index (χ2n) is 5.22. The van der Waals surface area contributed by atoms with Gasteiger partial charge in [0.05, 0.1) is 26.6 Å². The van der Waals surface area contributed by atoms with E-state index in [4.69, 9.17) is 4.74 Å². The molecule has 5 heteroatoms. The highest BCUT2D eigenvalue weighted by Crippen LogP contribution is 2.16. The Bertz CT molecular complexity index is 493. The van der Waals surface area contributed by atoms with Crippen molar-refractivity contribution in [1.82, 2.24) is 4.90 Å². The smallest absolute Gasteiger partial charge is 0.307 e. The number of aryl methyl sites for hydroxylation is 2. The quantitative estimate of drug-likeness (QED) is 0.692. The summed E-state index contributed by atoms with van der Waals surface area (Å²) in [6, 6.07) is 5.97. The molecular weight excluding hydrogens is 282 g/mol. The lowest BCUT2D eigenvalue weighted by Crippen LogP contribution is -2.33. The highest BCUT2D eigenvalue weighted by molar-refractivity contribution is 5.77. The van der Waals surface area contributed by atoms with Crippen molar-refractivity contribution in [2.24, 2.45) is 0 Å². The molecule has 0 saturated heterocycles.